The number of likely N-dealkylation sites (N-methyl/N-ethyl adjacent to an activating group) is 1. The molecule has 0 bridgehead atoms. The third-order valence-corrected chi connectivity index (χ3v) is 9.17. The number of carbonyl (C=O) groups is 3. The zero-order valence-electron chi connectivity index (χ0n) is 29.5. The highest BCUT2D eigenvalue weighted by atomic mass is 16.5. The SMILES string of the molecule is CCCCC(C=O)(Oc1cc(C)ccc1N(C)C(=O)c1ccc(C(=O)Nc2cccc3[nH]c(CCC)nc23)c(OC)c1)N1CCN(C)CC1. The predicted molar refractivity (Wildman–Crippen MR) is 193 cm³/mol. The zero-order chi connectivity index (χ0) is 35.1. The van der Waals surface area contributed by atoms with Crippen LogP contribution >= 0.6 is 0 Å². The molecule has 3 aromatic carbocycles. The van der Waals surface area contributed by atoms with Gasteiger partial charge in [-0.1, -0.05) is 32.4 Å². The van der Waals surface area contributed by atoms with E-state index in [4.69, 9.17) is 9.47 Å². The number of fused-ring (bicyclic) bond motifs is 1. The Balaban J connectivity index is 1.40. The number of anilines is 2. The van der Waals surface area contributed by atoms with Crippen molar-refractivity contribution in [2.24, 2.45) is 0 Å². The Morgan fingerprint density at radius 3 is 2.51 bits per heavy atom. The third-order valence-electron chi connectivity index (χ3n) is 9.17. The number of imidazole rings is 1. The number of aldehydes is 1. The lowest BCUT2D eigenvalue weighted by Crippen LogP contribution is -2.60. The number of hydrogen-bond donors (Lipinski definition) is 2. The number of aromatic nitrogens is 2. The first-order valence-electron chi connectivity index (χ1n) is 17.1. The number of aryl methyl sites for hydroxylation is 2. The summed E-state index contributed by atoms with van der Waals surface area (Å²) in [7, 11) is 5.22. The quantitative estimate of drug-likeness (QED) is 0.155. The second-order valence-electron chi connectivity index (χ2n) is 12.8. The number of nitrogens with one attached hydrogen (secondary N) is 2. The zero-order valence-corrected chi connectivity index (χ0v) is 29.5. The summed E-state index contributed by atoms with van der Waals surface area (Å²) in [6, 6.07) is 16.0. The van der Waals surface area contributed by atoms with Crippen molar-refractivity contribution in [2.45, 2.75) is 58.6 Å². The molecule has 11 heteroatoms. The van der Waals surface area contributed by atoms with E-state index in [1.54, 1.807) is 25.2 Å². The minimum atomic E-state index is -1.15. The molecule has 0 saturated carbocycles. The molecule has 2 heterocycles. The van der Waals surface area contributed by atoms with Gasteiger partial charge in [0, 0.05) is 51.6 Å². The Hall–Kier alpha value is -4.74. The van der Waals surface area contributed by atoms with Gasteiger partial charge in [-0.05, 0) is 74.8 Å². The van der Waals surface area contributed by atoms with E-state index in [-0.39, 0.29) is 23.1 Å². The maximum atomic E-state index is 14.0. The summed E-state index contributed by atoms with van der Waals surface area (Å²) >= 11 is 0. The standard InChI is InChI=1S/C38H48N6O5/c1-7-9-18-38(25-45,44-21-19-42(4)20-22-44)49-33-23-26(3)14-17-31(33)43(5)37(47)27-15-16-28(32(24-27)48-6)36(46)40-30-13-10-12-29-35(30)41-34(39-29)11-8-2/h10,12-17,23-25H,7-9,11,18-22H2,1-6H3,(H,39,41)(H,40,46). The number of piperazine rings is 1. The molecule has 260 valence electrons. The second-order valence-corrected chi connectivity index (χ2v) is 12.8. The van der Waals surface area contributed by atoms with Crippen LogP contribution in [0.1, 0.15) is 71.6 Å². The van der Waals surface area contributed by atoms with E-state index in [1.807, 2.05) is 43.3 Å². The molecule has 1 unspecified atom stereocenters. The average molecular weight is 669 g/mol. The van der Waals surface area contributed by atoms with Crippen LogP contribution in [-0.2, 0) is 11.2 Å². The molecule has 5 rings (SSSR count). The number of benzene rings is 3. The van der Waals surface area contributed by atoms with Crippen LogP contribution < -0.4 is 19.7 Å². The Labute approximate surface area is 288 Å². The first kappa shape index (κ1) is 35.6. The van der Waals surface area contributed by atoms with E-state index in [9.17, 15) is 14.4 Å². The van der Waals surface area contributed by atoms with Gasteiger partial charge in [0.05, 0.1) is 29.6 Å². The number of para-hydroxylation sites is 1. The number of carbonyl (C=O) groups excluding carboxylic acids is 3. The van der Waals surface area contributed by atoms with E-state index >= 15 is 0 Å². The highest BCUT2D eigenvalue weighted by Crippen LogP contribution is 2.36. The number of amides is 2. The van der Waals surface area contributed by atoms with Crippen molar-refractivity contribution < 1.29 is 23.9 Å². The summed E-state index contributed by atoms with van der Waals surface area (Å²) in [5, 5.41) is 2.96. The summed E-state index contributed by atoms with van der Waals surface area (Å²) < 4.78 is 12.3. The fourth-order valence-corrected chi connectivity index (χ4v) is 6.26. The summed E-state index contributed by atoms with van der Waals surface area (Å²) in [5.41, 5.74) is 3.03. The fraction of sp³-hybridized carbons (Fsp3) is 0.421. The molecule has 1 saturated heterocycles. The van der Waals surface area contributed by atoms with Crippen LogP contribution in [-0.4, -0.2) is 91.0 Å². The van der Waals surface area contributed by atoms with Crippen LogP contribution in [0.3, 0.4) is 0 Å². The van der Waals surface area contributed by atoms with Crippen molar-refractivity contribution in [1.29, 1.82) is 0 Å². The second kappa shape index (κ2) is 15.7. The number of H-pyrrole nitrogens is 1. The number of hydrogen-bond acceptors (Lipinski definition) is 8. The smallest absolute Gasteiger partial charge is 0.259 e. The van der Waals surface area contributed by atoms with Crippen LogP contribution in [0.15, 0.2) is 54.6 Å². The van der Waals surface area contributed by atoms with Crippen LogP contribution in [0.25, 0.3) is 11.0 Å². The van der Waals surface area contributed by atoms with Gasteiger partial charge < -0.3 is 29.6 Å². The maximum absolute atomic E-state index is 14.0. The Morgan fingerprint density at radius 2 is 1.82 bits per heavy atom. The van der Waals surface area contributed by atoms with Crippen molar-refractivity contribution >= 4 is 40.5 Å². The molecule has 1 aliphatic heterocycles. The molecule has 1 atom stereocenters. The normalized spacial score (nSPS) is 15.1. The molecule has 1 fully saturated rings. The van der Waals surface area contributed by atoms with Gasteiger partial charge in [0.15, 0.2) is 6.29 Å². The first-order chi connectivity index (χ1) is 23.6. The molecule has 1 aromatic heterocycles. The fourth-order valence-electron chi connectivity index (χ4n) is 6.26. The van der Waals surface area contributed by atoms with Gasteiger partial charge in [0.25, 0.3) is 11.8 Å². The highest BCUT2D eigenvalue weighted by Gasteiger charge is 2.41. The lowest BCUT2D eigenvalue weighted by molar-refractivity contribution is -0.146. The minimum absolute atomic E-state index is 0.257. The Kier molecular flexibility index (Phi) is 11.4. The van der Waals surface area contributed by atoms with Crippen molar-refractivity contribution in [3.05, 3.63) is 77.1 Å². The molecule has 0 spiro atoms. The van der Waals surface area contributed by atoms with Gasteiger partial charge >= 0.3 is 0 Å². The van der Waals surface area contributed by atoms with Crippen molar-refractivity contribution in [1.82, 2.24) is 19.8 Å². The van der Waals surface area contributed by atoms with E-state index in [0.717, 1.165) is 62.0 Å². The van der Waals surface area contributed by atoms with Gasteiger partial charge in [-0.3, -0.25) is 19.3 Å². The van der Waals surface area contributed by atoms with Gasteiger partial charge in [-0.15, -0.1) is 0 Å². The third kappa shape index (κ3) is 7.79. The van der Waals surface area contributed by atoms with Gasteiger partial charge in [0.2, 0.25) is 5.72 Å². The number of rotatable bonds is 14. The molecule has 49 heavy (non-hydrogen) atoms. The predicted octanol–water partition coefficient (Wildman–Crippen LogP) is 6.07. The van der Waals surface area contributed by atoms with Crippen LogP contribution in [0, 0.1) is 6.92 Å². The van der Waals surface area contributed by atoms with Crippen LogP contribution in [0.5, 0.6) is 11.5 Å². The lowest BCUT2D eigenvalue weighted by atomic mass is 10.0. The van der Waals surface area contributed by atoms with E-state index < -0.39 is 5.72 Å². The highest BCUT2D eigenvalue weighted by molar-refractivity contribution is 6.11. The number of methoxy groups -OCH3 is 1. The molecular weight excluding hydrogens is 620 g/mol. The lowest BCUT2D eigenvalue weighted by Gasteiger charge is -2.44. The van der Waals surface area contributed by atoms with Crippen LogP contribution in [0.2, 0.25) is 0 Å². The topological polar surface area (TPSA) is 120 Å². The molecule has 0 aliphatic carbocycles. The van der Waals surface area contributed by atoms with E-state index in [2.05, 4.69) is 46.0 Å². The van der Waals surface area contributed by atoms with Gasteiger partial charge in [-0.25, -0.2) is 4.98 Å². The summed E-state index contributed by atoms with van der Waals surface area (Å²) in [6.07, 6.45) is 4.96. The van der Waals surface area contributed by atoms with Crippen molar-refractivity contribution in [3.63, 3.8) is 0 Å². The largest absolute Gasteiger partial charge is 0.496 e. The van der Waals surface area contributed by atoms with Crippen molar-refractivity contribution in [3.8, 4) is 11.5 Å². The molecule has 2 N–H and O–H groups in total. The Morgan fingerprint density at radius 1 is 1.04 bits per heavy atom. The summed E-state index contributed by atoms with van der Waals surface area (Å²) in [6.45, 7) is 9.20. The maximum Gasteiger partial charge on any atom is 0.259 e. The number of ether oxygens (including phenoxy) is 2. The Bertz CT molecular complexity index is 1800. The summed E-state index contributed by atoms with van der Waals surface area (Å²) in [4.78, 5) is 54.2. The first-order valence-corrected chi connectivity index (χ1v) is 17.1. The monoisotopic (exact) mass is 668 g/mol. The molecule has 2 amide bonds. The van der Waals surface area contributed by atoms with Gasteiger partial charge in [-0.2, -0.15) is 0 Å². The molecule has 1 aliphatic rings. The number of nitrogens with zero attached hydrogens (tertiary/aromatic N) is 4. The summed E-state index contributed by atoms with van der Waals surface area (Å²) in [5.74, 6) is 0.868. The van der Waals surface area contributed by atoms with Crippen molar-refractivity contribution in [2.75, 3.05) is 57.6 Å². The molecule has 4 aromatic rings. The van der Waals surface area contributed by atoms with E-state index in [1.165, 1.54) is 12.0 Å². The molecule has 0 radical (unpaired) electrons. The number of unbranched alkanes of at least 4 members (excludes halogenated alkanes) is 1. The van der Waals surface area contributed by atoms with Gasteiger partial charge in [0.1, 0.15) is 22.8 Å². The molecular formula is C38H48N6O5. The molecule has 11 nitrogen and oxygen atoms in total. The minimum Gasteiger partial charge on any atom is -0.496 e. The average Bonchev–Trinajstić information content (AvgIpc) is 3.53. The van der Waals surface area contributed by atoms with E-state index in [0.29, 0.717) is 47.7 Å². The number of aromatic amines is 1. The van der Waals surface area contributed by atoms with Crippen LogP contribution in [0.4, 0.5) is 11.4 Å².